The van der Waals surface area contributed by atoms with Crippen molar-refractivity contribution < 1.29 is 0 Å². The van der Waals surface area contributed by atoms with Crippen LogP contribution in [0.1, 0.15) is 18.0 Å². The van der Waals surface area contributed by atoms with Crippen molar-refractivity contribution in [2.45, 2.75) is 12.5 Å². The van der Waals surface area contributed by atoms with E-state index < -0.39 is 0 Å². The highest BCUT2D eigenvalue weighted by Crippen LogP contribution is 2.32. The lowest BCUT2D eigenvalue weighted by molar-refractivity contribution is 0.665. The molecule has 1 unspecified atom stereocenters. The van der Waals surface area contributed by atoms with Crippen LogP contribution in [0.5, 0.6) is 0 Å². The first-order valence-electron chi connectivity index (χ1n) is 6.71. The first-order valence-corrected chi connectivity index (χ1v) is 6.71. The predicted molar refractivity (Wildman–Crippen MR) is 89.4 cm³/mol. The van der Waals surface area contributed by atoms with Gasteiger partial charge in [-0.15, -0.1) is 12.4 Å². The molecule has 3 heterocycles. The highest BCUT2D eigenvalue weighted by molar-refractivity contribution is 5.95. The number of rotatable bonds is 4. The summed E-state index contributed by atoms with van der Waals surface area (Å²) in [5.74, 6) is 0.235. The summed E-state index contributed by atoms with van der Waals surface area (Å²) in [4.78, 5) is 15.7. The molecule has 0 saturated heterocycles. The lowest BCUT2D eigenvalue weighted by Crippen LogP contribution is -2.15. The normalized spacial score (nSPS) is 12.1. The van der Waals surface area contributed by atoms with Crippen molar-refractivity contribution in [3.63, 3.8) is 0 Å². The number of pyridine rings is 1. The van der Waals surface area contributed by atoms with Crippen LogP contribution < -0.4 is 17.2 Å². The molecule has 0 spiro atoms. The van der Waals surface area contributed by atoms with Crippen LogP contribution in [0.2, 0.25) is 0 Å². The van der Waals surface area contributed by atoms with Crippen molar-refractivity contribution in [2.75, 3.05) is 12.3 Å². The molecule has 3 rings (SSSR count). The van der Waals surface area contributed by atoms with E-state index in [0.717, 1.165) is 27.9 Å². The van der Waals surface area contributed by atoms with Crippen molar-refractivity contribution in [1.82, 2.24) is 19.9 Å². The van der Waals surface area contributed by atoms with Crippen LogP contribution in [-0.4, -0.2) is 26.5 Å². The Hall–Kier alpha value is -2.22. The molecule has 22 heavy (non-hydrogen) atoms. The first kappa shape index (κ1) is 16.2. The third-order valence-corrected chi connectivity index (χ3v) is 3.43. The molecule has 1 atom stereocenters. The van der Waals surface area contributed by atoms with Crippen LogP contribution in [0.4, 0.5) is 5.95 Å². The molecule has 0 aliphatic heterocycles. The van der Waals surface area contributed by atoms with Gasteiger partial charge in [0, 0.05) is 35.6 Å². The second kappa shape index (κ2) is 6.69. The van der Waals surface area contributed by atoms with E-state index in [-0.39, 0.29) is 24.4 Å². The van der Waals surface area contributed by atoms with Crippen molar-refractivity contribution in [3.05, 3.63) is 36.3 Å². The van der Waals surface area contributed by atoms with Crippen LogP contribution in [0.15, 0.2) is 30.7 Å². The van der Waals surface area contributed by atoms with Crippen molar-refractivity contribution in [1.29, 1.82) is 0 Å². The number of aromatic amines is 1. The fourth-order valence-electron chi connectivity index (χ4n) is 2.45. The molecule has 3 aromatic heterocycles. The fourth-order valence-corrected chi connectivity index (χ4v) is 2.45. The number of H-pyrrole nitrogens is 1. The van der Waals surface area contributed by atoms with Crippen molar-refractivity contribution in [2.24, 2.45) is 11.5 Å². The van der Waals surface area contributed by atoms with Gasteiger partial charge in [-0.25, -0.2) is 15.0 Å². The highest BCUT2D eigenvalue weighted by atomic mass is 35.5. The third kappa shape index (κ3) is 2.87. The maximum atomic E-state index is 6.23. The van der Waals surface area contributed by atoms with Gasteiger partial charge < -0.3 is 22.2 Å². The molecule has 3 aromatic rings. The Balaban J connectivity index is 0.00000176. The topological polar surface area (TPSA) is 133 Å². The minimum Gasteiger partial charge on any atom is -0.368 e. The average Bonchev–Trinajstić information content (AvgIpc) is 2.91. The number of anilines is 1. The Morgan fingerprint density at radius 3 is 2.68 bits per heavy atom. The molecule has 0 aliphatic carbocycles. The van der Waals surface area contributed by atoms with E-state index in [1.54, 1.807) is 12.4 Å². The zero-order chi connectivity index (χ0) is 14.8. The quantitative estimate of drug-likeness (QED) is 0.574. The van der Waals surface area contributed by atoms with Gasteiger partial charge in [0.2, 0.25) is 5.95 Å². The van der Waals surface area contributed by atoms with Crippen molar-refractivity contribution in [3.8, 4) is 11.3 Å². The van der Waals surface area contributed by atoms with E-state index in [1.807, 2.05) is 18.3 Å². The van der Waals surface area contributed by atoms with E-state index in [0.29, 0.717) is 13.0 Å². The maximum Gasteiger partial charge on any atom is 0.220 e. The third-order valence-electron chi connectivity index (χ3n) is 3.43. The summed E-state index contributed by atoms with van der Waals surface area (Å²) in [7, 11) is 0. The number of nitrogens with zero attached hydrogens (tertiary/aromatic N) is 3. The second-order valence-electron chi connectivity index (χ2n) is 4.81. The summed E-state index contributed by atoms with van der Waals surface area (Å²) in [5, 5.41) is 0.955. The number of halogens is 1. The Kier molecular flexibility index (Phi) is 4.92. The summed E-state index contributed by atoms with van der Waals surface area (Å²) < 4.78 is 0. The van der Waals surface area contributed by atoms with Gasteiger partial charge in [-0.2, -0.15) is 0 Å². The highest BCUT2D eigenvalue weighted by Gasteiger charge is 2.16. The predicted octanol–water partition coefficient (Wildman–Crippen LogP) is 1.37. The molecule has 0 radical (unpaired) electrons. The Morgan fingerprint density at radius 1 is 1.18 bits per heavy atom. The molecule has 7 N–H and O–H groups in total. The lowest BCUT2D eigenvalue weighted by Gasteiger charge is -2.13. The minimum absolute atomic E-state index is 0. The first-order chi connectivity index (χ1) is 10.2. The number of nitrogen functional groups attached to an aromatic ring is 1. The number of nitrogens with one attached hydrogen (secondary N) is 1. The molecule has 0 saturated carbocycles. The van der Waals surface area contributed by atoms with Gasteiger partial charge >= 0.3 is 0 Å². The molecule has 0 bridgehead atoms. The molecule has 7 nitrogen and oxygen atoms in total. The number of nitrogens with two attached hydrogens (primary N) is 3. The maximum absolute atomic E-state index is 6.23. The fraction of sp³-hybridized carbons (Fsp3) is 0.214. The van der Waals surface area contributed by atoms with Gasteiger partial charge in [0.1, 0.15) is 5.65 Å². The van der Waals surface area contributed by atoms with Gasteiger partial charge in [0.25, 0.3) is 0 Å². The summed E-state index contributed by atoms with van der Waals surface area (Å²) in [6, 6.07) is 3.59. The van der Waals surface area contributed by atoms with Gasteiger partial charge in [-0.1, -0.05) is 0 Å². The SMILES string of the molecule is Cl.NCCC(N)c1ccnc2[nH]cc(-c3ccnc(N)n3)c12. The summed E-state index contributed by atoms with van der Waals surface area (Å²) in [5.41, 5.74) is 20.9. The minimum atomic E-state index is -0.144. The van der Waals surface area contributed by atoms with Crippen LogP contribution in [0.3, 0.4) is 0 Å². The van der Waals surface area contributed by atoms with E-state index in [1.165, 1.54) is 0 Å². The average molecular weight is 320 g/mol. The van der Waals surface area contributed by atoms with Crippen LogP contribution in [-0.2, 0) is 0 Å². The molecule has 0 aliphatic rings. The number of aromatic nitrogens is 4. The van der Waals surface area contributed by atoms with E-state index in [4.69, 9.17) is 17.2 Å². The summed E-state index contributed by atoms with van der Waals surface area (Å²) in [6.07, 6.45) is 5.93. The zero-order valence-corrected chi connectivity index (χ0v) is 12.7. The van der Waals surface area contributed by atoms with E-state index >= 15 is 0 Å². The Bertz CT molecular complexity index is 771. The van der Waals surface area contributed by atoms with Crippen LogP contribution in [0, 0.1) is 0 Å². The van der Waals surface area contributed by atoms with Gasteiger partial charge in [0.05, 0.1) is 5.69 Å². The summed E-state index contributed by atoms with van der Waals surface area (Å²) in [6.45, 7) is 0.533. The van der Waals surface area contributed by atoms with Gasteiger partial charge in [-0.05, 0) is 30.7 Å². The lowest BCUT2D eigenvalue weighted by atomic mass is 9.99. The van der Waals surface area contributed by atoms with Crippen molar-refractivity contribution >= 4 is 29.4 Å². The van der Waals surface area contributed by atoms with Gasteiger partial charge in [-0.3, -0.25) is 0 Å². The molecule has 8 heteroatoms. The smallest absolute Gasteiger partial charge is 0.220 e. The molecular formula is C14H18ClN7. The summed E-state index contributed by atoms with van der Waals surface area (Å²) >= 11 is 0. The molecule has 0 fully saturated rings. The number of hydrogen-bond donors (Lipinski definition) is 4. The number of fused-ring (bicyclic) bond motifs is 1. The second-order valence-corrected chi connectivity index (χ2v) is 4.81. The molecular weight excluding hydrogens is 302 g/mol. The van der Waals surface area contributed by atoms with E-state index in [2.05, 4.69) is 19.9 Å². The van der Waals surface area contributed by atoms with Gasteiger partial charge in [0.15, 0.2) is 0 Å². The largest absolute Gasteiger partial charge is 0.368 e. The molecule has 116 valence electrons. The van der Waals surface area contributed by atoms with Crippen LogP contribution >= 0.6 is 12.4 Å². The van der Waals surface area contributed by atoms with Crippen LogP contribution in [0.25, 0.3) is 22.3 Å². The zero-order valence-electron chi connectivity index (χ0n) is 11.9. The standard InChI is InChI=1S/C14H17N7.ClH/c15-4-1-10(16)8-2-5-18-13-12(8)9(7-20-13)11-3-6-19-14(17)21-11;/h2-3,5-7,10H,1,4,15-16H2,(H,18,20)(H2,17,19,21);1H. The molecule has 0 amide bonds. The van der Waals surface area contributed by atoms with E-state index in [9.17, 15) is 0 Å². The Morgan fingerprint density at radius 2 is 1.95 bits per heavy atom. The monoisotopic (exact) mass is 319 g/mol. The molecule has 0 aromatic carbocycles. The Labute approximate surface area is 133 Å². The number of hydrogen-bond acceptors (Lipinski definition) is 6.